The van der Waals surface area contributed by atoms with Crippen LogP contribution in [0.4, 0.5) is 0 Å². The number of benzene rings is 1. The Kier molecular flexibility index (Phi) is 4.84. The minimum atomic E-state index is -0.136. The molecule has 20 heavy (non-hydrogen) atoms. The van der Waals surface area contributed by atoms with Crippen molar-refractivity contribution in [1.29, 1.82) is 0 Å². The van der Waals surface area contributed by atoms with E-state index in [9.17, 15) is 4.79 Å². The van der Waals surface area contributed by atoms with Crippen LogP contribution in [0.1, 0.15) is 29.6 Å². The number of nitrogens with one attached hydrogen (secondary N) is 1. The summed E-state index contributed by atoms with van der Waals surface area (Å²) in [5.74, 6) is 1.42. The maximum atomic E-state index is 12.2. The van der Waals surface area contributed by atoms with Crippen LogP contribution in [0.2, 0.25) is 0 Å². The van der Waals surface area contributed by atoms with Crippen molar-refractivity contribution in [3.05, 3.63) is 23.8 Å². The van der Waals surface area contributed by atoms with Crippen molar-refractivity contribution < 1.29 is 14.3 Å². The molecule has 2 atom stereocenters. The number of carbonyl (C=O) groups excluding carboxylic acids is 1. The first-order valence-corrected chi connectivity index (χ1v) is 6.91. The van der Waals surface area contributed by atoms with E-state index in [0.29, 0.717) is 29.5 Å². The Balaban J connectivity index is 2.01. The van der Waals surface area contributed by atoms with Gasteiger partial charge in [-0.05, 0) is 30.9 Å². The largest absolute Gasteiger partial charge is 0.497 e. The van der Waals surface area contributed by atoms with Crippen molar-refractivity contribution in [1.82, 2.24) is 5.32 Å². The fourth-order valence-electron chi connectivity index (χ4n) is 2.62. The SMILES string of the molecule is COc1ccc(C(=O)NCC2CCCC2N)c(OC)c1. The number of hydrogen-bond donors (Lipinski definition) is 2. The maximum Gasteiger partial charge on any atom is 0.255 e. The second-order valence-corrected chi connectivity index (χ2v) is 5.13. The molecule has 110 valence electrons. The predicted molar refractivity (Wildman–Crippen MR) is 77.2 cm³/mol. The molecule has 3 N–H and O–H groups in total. The second kappa shape index (κ2) is 6.61. The lowest BCUT2D eigenvalue weighted by atomic mass is 10.0. The molecule has 1 aliphatic rings. The van der Waals surface area contributed by atoms with Crippen molar-refractivity contribution in [2.45, 2.75) is 25.3 Å². The zero-order valence-electron chi connectivity index (χ0n) is 12.0. The van der Waals surface area contributed by atoms with Crippen LogP contribution in [0.15, 0.2) is 18.2 Å². The molecule has 2 unspecified atom stereocenters. The number of amides is 1. The summed E-state index contributed by atoms with van der Waals surface area (Å²) in [4.78, 5) is 12.2. The minimum Gasteiger partial charge on any atom is -0.497 e. The Hall–Kier alpha value is -1.75. The van der Waals surface area contributed by atoms with E-state index >= 15 is 0 Å². The standard InChI is InChI=1S/C15H22N2O3/c1-19-11-6-7-12(14(8-11)20-2)15(18)17-9-10-4-3-5-13(10)16/h6-8,10,13H,3-5,9,16H2,1-2H3,(H,17,18). The first-order chi connectivity index (χ1) is 9.65. The average Bonchev–Trinajstić information content (AvgIpc) is 2.89. The fourth-order valence-corrected chi connectivity index (χ4v) is 2.62. The van der Waals surface area contributed by atoms with Gasteiger partial charge in [-0.15, -0.1) is 0 Å². The molecule has 1 fully saturated rings. The van der Waals surface area contributed by atoms with Crippen molar-refractivity contribution in [3.63, 3.8) is 0 Å². The van der Waals surface area contributed by atoms with E-state index in [4.69, 9.17) is 15.2 Å². The highest BCUT2D eigenvalue weighted by atomic mass is 16.5. The van der Waals surface area contributed by atoms with Crippen LogP contribution in [0.3, 0.4) is 0 Å². The Bertz CT molecular complexity index is 476. The normalized spacial score (nSPS) is 21.6. The predicted octanol–water partition coefficient (Wildman–Crippen LogP) is 1.56. The third-order valence-corrected chi connectivity index (χ3v) is 3.90. The van der Waals surface area contributed by atoms with Crippen molar-refractivity contribution in [2.75, 3.05) is 20.8 Å². The summed E-state index contributed by atoms with van der Waals surface area (Å²) in [6, 6.07) is 5.37. The van der Waals surface area contributed by atoms with Crippen molar-refractivity contribution in [3.8, 4) is 11.5 Å². The molecule has 5 nitrogen and oxygen atoms in total. The van der Waals surface area contributed by atoms with Crippen LogP contribution < -0.4 is 20.5 Å². The molecule has 0 saturated heterocycles. The van der Waals surface area contributed by atoms with E-state index in [1.54, 1.807) is 32.4 Å². The van der Waals surface area contributed by atoms with E-state index < -0.39 is 0 Å². The van der Waals surface area contributed by atoms with Gasteiger partial charge in [-0.1, -0.05) is 6.42 Å². The molecule has 1 amide bonds. The lowest BCUT2D eigenvalue weighted by Crippen LogP contribution is -2.36. The van der Waals surface area contributed by atoms with Gasteiger partial charge in [0.1, 0.15) is 11.5 Å². The Morgan fingerprint density at radius 1 is 1.35 bits per heavy atom. The molecule has 0 aliphatic heterocycles. The number of nitrogens with two attached hydrogens (primary N) is 1. The van der Waals surface area contributed by atoms with Crippen molar-refractivity contribution >= 4 is 5.91 Å². The van der Waals surface area contributed by atoms with Gasteiger partial charge in [-0.25, -0.2) is 0 Å². The molecular weight excluding hydrogens is 256 g/mol. The summed E-state index contributed by atoms with van der Waals surface area (Å²) in [6.07, 6.45) is 3.28. The zero-order valence-corrected chi connectivity index (χ0v) is 12.0. The maximum absolute atomic E-state index is 12.2. The molecule has 1 saturated carbocycles. The lowest BCUT2D eigenvalue weighted by molar-refractivity contribution is 0.0943. The summed E-state index contributed by atoms with van der Waals surface area (Å²) >= 11 is 0. The van der Waals surface area contributed by atoms with Crippen LogP contribution in [-0.4, -0.2) is 32.7 Å². The summed E-state index contributed by atoms with van der Waals surface area (Å²) in [5.41, 5.74) is 6.52. The third kappa shape index (κ3) is 3.22. The van der Waals surface area contributed by atoms with E-state index in [1.165, 1.54) is 0 Å². The highest BCUT2D eigenvalue weighted by Crippen LogP contribution is 2.25. The van der Waals surface area contributed by atoms with Gasteiger partial charge in [0, 0.05) is 18.7 Å². The zero-order chi connectivity index (χ0) is 14.5. The number of rotatable bonds is 5. The molecular formula is C15H22N2O3. The Morgan fingerprint density at radius 2 is 2.15 bits per heavy atom. The molecule has 2 rings (SSSR count). The summed E-state index contributed by atoms with van der Waals surface area (Å²) in [5, 5.41) is 2.94. The molecule has 1 aromatic carbocycles. The van der Waals surface area contributed by atoms with Gasteiger partial charge >= 0.3 is 0 Å². The molecule has 0 aromatic heterocycles. The van der Waals surface area contributed by atoms with Gasteiger partial charge in [0.2, 0.25) is 0 Å². The van der Waals surface area contributed by atoms with Gasteiger partial charge in [0.25, 0.3) is 5.91 Å². The highest BCUT2D eigenvalue weighted by Gasteiger charge is 2.24. The molecule has 0 radical (unpaired) electrons. The van der Waals surface area contributed by atoms with E-state index in [2.05, 4.69) is 5.32 Å². The summed E-state index contributed by atoms with van der Waals surface area (Å²) in [7, 11) is 3.12. The summed E-state index contributed by atoms with van der Waals surface area (Å²) < 4.78 is 10.4. The van der Waals surface area contributed by atoms with Crippen LogP contribution in [0.5, 0.6) is 11.5 Å². The molecule has 5 heteroatoms. The summed E-state index contributed by atoms with van der Waals surface area (Å²) in [6.45, 7) is 0.620. The molecule has 1 aliphatic carbocycles. The third-order valence-electron chi connectivity index (χ3n) is 3.90. The van der Waals surface area contributed by atoms with E-state index in [1.807, 2.05) is 0 Å². The van der Waals surface area contributed by atoms with Gasteiger partial charge in [0.15, 0.2) is 0 Å². The lowest BCUT2D eigenvalue weighted by Gasteiger charge is -2.16. The van der Waals surface area contributed by atoms with Gasteiger partial charge < -0.3 is 20.5 Å². The smallest absolute Gasteiger partial charge is 0.255 e. The van der Waals surface area contributed by atoms with Crippen LogP contribution in [0, 0.1) is 5.92 Å². The van der Waals surface area contributed by atoms with E-state index in [-0.39, 0.29) is 11.9 Å². The minimum absolute atomic E-state index is 0.136. The number of carbonyl (C=O) groups is 1. The first-order valence-electron chi connectivity index (χ1n) is 6.91. The van der Waals surface area contributed by atoms with Crippen LogP contribution in [-0.2, 0) is 0 Å². The van der Waals surface area contributed by atoms with Gasteiger partial charge in [0.05, 0.1) is 19.8 Å². The second-order valence-electron chi connectivity index (χ2n) is 5.13. The average molecular weight is 278 g/mol. The molecule has 1 aromatic rings. The van der Waals surface area contributed by atoms with E-state index in [0.717, 1.165) is 19.3 Å². The Morgan fingerprint density at radius 3 is 2.75 bits per heavy atom. The number of ether oxygens (including phenoxy) is 2. The molecule has 0 heterocycles. The van der Waals surface area contributed by atoms with Crippen LogP contribution in [0.25, 0.3) is 0 Å². The van der Waals surface area contributed by atoms with Crippen molar-refractivity contribution in [2.24, 2.45) is 11.7 Å². The number of methoxy groups -OCH3 is 2. The van der Waals surface area contributed by atoms with Gasteiger partial charge in [-0.2, -0.15) is 0 Å². The first kappa shape index (κ1) is 14.7. The quantitative estimate of drug-likeness (QED) is 0.857. The molecule has 0 spiro atoms. The van der Waals surface area contributed by atoms with Crippen LogP contribution >= 0.6 is 0 Å². The topological polar surface area (TPSA) is 73.6 Å². The van der Waals surface area contributed by atoms with Gasteiger partial charge in [-0.3, -0.25) is 4.79 Å². The highest BCUT2D eigenvalue weighted by molar-refractivity contribution is 5.97. The monoisotopic (exact) mass is 278 g/mol. The fraction of sp³-hybridized carbons (Fsp3) is 0.533. The Labute approximate surface area is 119 Å². The molecule has 0 bridgehead atoms. The number of hydrogen-bond acceptors (Lipinski definition) is 4.